The lowest BCUT2D eigenvalue weighted by Gasteiger charge is -2.43. The Morgan fingerprint density at radius 1 is 1.14 bits per heavy atom. The van der Waals surface area contributed by atoms with Crippen LogP contribution in [0.5, 0.6) is 0 Å². The Kier molecular flexibility index (Phi) is 6.40. The van der Waals surface area contributed by atoms with Crippen LogP contribution in [0.1, 0.15) is 54.3 Å². The molecule has 1 saturated heterocycles. The second-order valence-electron chi connectivity index (χ2n) is 8.93. The fourth-order valence-electron chi connectivity index (χ4n) is 4.97. The van der Waals surface area contributed by atoms with Crippen molar-refractivity contribution in [1.29, 1.82) is 0 Å². The number of aliphatic hydroxyl groups excluding tert-OH is 1. The molecular formula is C25H25F2N5O3. The van der Waals surface area contributed by atoms with Crippen LogP contribution < -0.4 is 11.1 Å². The van der Waals surface area contributed by atoms with Gasteiger partial charge in [-0.05, 0) is 31.0 Å². The van der Waals surface area contributed by atoms with Crippen LogP contribution in [0.15, 0.2) is 42.9 Å². The minimum atomic E-state index is -0.857. The highest BCUT2D eigenvalue weighted by molar-refractivity contribution is 6.06. The van der Waals surface area contributed by atoms with Crippen LogP contribution in [-0.4, -0.2) is 38.2 Å². The number of hydrogen-bond donors (Lipinski definition) is 3. The van der Waals surface area contributed by atoms with E-state index in [9.17, 15) is 18.7 Å². The monoisotopic (exact) mass is 481 g/mol. The van der Waals surface area contributed by atoms with Crippen molar-refractivity contribution in [1.82, 2.24) is 15.0 Å². The number of anilines is 2. The Balaban J connectivity index is 1.42. The van der Waals surface area contributed by atoms with Gasteiger partial charge in [0.25, 0.3) is 5.91 Å². The third kappa shape index (κ3) is 4.59. The first kappa shape index (κ1) is 23.3. The zero-order chi connectivity index (χ0) is 24.5. The summed E-state index contributed by atoms with van der Waals surface area (Å²) in [5.41, 5.74) is 6.24. The van der Waals surface area contributed by atoms with Crippen LogP contribution in [-0.2, 0) is 4.74 Å². The molecule has 2 aliphatic rings. The molecule has 3 heterocycles. The number of nitrogens with two attached hydrogens (primary N) is 1. The van der Waals surface area contributed by atoms with E-state index in [-0.39, 0.29) is 29.2 Å². The van der Waals surface area contributed by atoms with Crippen LogP contribution >= 0.6 is 0 Å². The van der Waals surface area contributed by atoms with Crippen molar-refractivity contribution in [3.63, 3.8) is 0 Å². The van der Waals surface area contributed by atoms with Crippen LogP contribution in [0.25, 0.3) is 11.4 Å². The van der Waals surface area contributed by atoms with Crippen molar-refractivity contribution >= 4 is 17.3 Å². The summed E-state index contributed by atoms with van der Waals surface area (Å²) in [6.07, 6.45) is 7.62. The standard InChI is InChI=1S/C25H25F2N5O3/c26-15-5-3-6-16(27)22(15)24-30-11-17(28)23(32-24)25(34)31-18-12-29-9-8-13(18)21-10-19(33)14-4-1-2-7-20(14)35-21/h3,5-6,8-9,11-12,14,19-21,33H,1-2,4,7,10,28H2,(H,31,34)/t14-,19-,20-,21-/m1/s1. The summed E-state index contributed by atoms with van der Waals surface area (Å²) in [4.78, 5) is 25.2. The lowest BCUT2D eigenvalue weighted by molar-refractivity contribution is -0.151. The van der Waals surface area contributed by atoms with E-state index < -0.39 is 35.3 Å². The normalized spacial score (nSPS) is 24.0. The molecule has 1 aliphatic heterocycles. The molecule has 4 N–H and O–H groups in total. The predicted molar refractivity (Wildman–Crippen MR) is 124 cm³/mol. The molecule has 1 amide bonds. The van der Waals surface area contributed by atoms with Crippen LogP contribution in [0, 0.1) is 17.6 Å². The zero-order valence-corrected chi connectivity index (χ0v) is 18.8. The van der Waals surface area contributed by atoms with Crippen molar-refractivity contribution in [2.75, 3.05) is 11.1 Å². The highest BCUT2D eigenvalue weighted by Gasteiger charge is 2.40. The quantitative estimate of drug-likeness (QED) is 0.514. The van der Waals surface area contributed by atoms with Gasteiger partial charge in [-0.2, -0.15) is 0 Å². The Hall–Kier alpha value is -3.50. The number of rotatable bonds is 4. The number of amides is 1. The zero-order valence-electron chi connectivity index (χ0n) is 18.8. The topological polar surface area (TPSA) is 123 Å². The van der Waals surface area contributed by atoms with Crippen molar-refractivity contribution in [3.8, 4) is 11.4 Å². The van der Waals surface area contributed by atoms with Gasteiger partial charge in [-0.1, -0.05) is 18.9 Å². The largest absolute Gasteiger partial charge is 0.396 e. The molecule has 1 saturated carbocycles. The number of carbonyl (C=O) groups is 1. The molecule has 0 bridgehead atoms. The molecule has 3 aromatic rings. The number of aliphatic hydroxyl groups is 1. The van der Waals surface area contributed by atoms with E-state index in [1.165, 1.54) is 12.3 Å². The van der Waals surface area contributed by atoms with Gasteiger partial charge in [-0.3, -0.25) is 9.78 Å². The highest BCUT2D eigenvalue weighted by atomic mass is 19.1. The number of carbonyl (C=O) groups excluding carboxylic acids is 1. The highest BCUT2D eigenvalue weighted by Crippen LogP contribution is 2.42. The third-order valence-corrected chi connectivity index (χ3v) is 6.71. The van der Waals surface area contributed by atoms with Gasteiger partial charge >= 0.3 is 0 Å². The first-order chi connectivity index (χ1) is 16.9. The summed E-state index contributed by atoms with van der Waals surface area (Å²) in [7, 11) is 0. The number of nitrogen functional groups attached to an aromatic ring is 1. The second-order valence-corrected chi connectivity index (χ2v) is 8.93. The summed E-state index contributed by atoms with van der Waals surface area (Å²) < 4.78 is 34.8. The maximum atomic E-state index is 14.2. The second kappa shape index (κ2) is 9.63. The van der Waals surface area contributed by atoms with E-state index in [1.807, 2.05) is 0 Å². The van der Waals surface area contributed by atoms with Gasteiger partial charge < -0.3 is 20.9 Å². The number of pyridine rings is 1. The lowest BCUT2D eigenvalue weighted by Crippen LogP contribution is -2.43. The SMILES string of the molecule is Nc1cnc(-c2c(F)cccc2F)nc1C(=O)Nc1cnccc1[C@H]1C[C@@H](O)[C@H]2CCCC[C@H]2O1. The number of benzene rings is 1. The Labute approximate surface area is 200 Å². The Morgan fingerprint density at radius 3 is 2.71 bits per heavy atom. The minimum absolute atomic E-state index is 0.0371. The van der Waals surface area contributed by atoms with Crippen LogP contribution in [0.4, 0.5) is 20.2 Å². The van der Waals surface area contributed by atoms with E-state index in [0.29, 0.717) is 17.7 Å². The van der Waals surface area contributed by atoms with Gasteiger partial charge in [0.15, 0.2) is 11.5 Å². The fourth-order valence-corrected chi connectivity index (χ4v) is 4.97. The number of hydrogen-bond acceptors (Lipinski definition) is 7. The van der Waals surface area contributed by atoms with Gasteiger partial charge in [0, 0.05) is 24.1 Å². The molecule has 4 atom stereocenters. The summed E-state index contributed by atoms with van der Waals surface area (Å²) in [6.45, 7) is 0. The molecule has 35 heavy (non-hydrogen) atoms. The molecule has 1 aliphatic carbocycles. The number of ether oxygens (including phenoxy) is 1. The van der Waals surface area contributed by atoms with Gasteiger partial charge in [-0.15, -0.1) is 0 Å². The molecule has 10 heteroatoms. The lowest BCUT2D eigenvalue weighted by atomic mass is 9.78. The van der Waals surface area contributed by atoms with Gasteiger partial charge in [-0.25, -0.2) is 18.7 Å². The Bertz CT molecular complexity index is 1240. The molecule has 0 unspecified atom stereocenters. The van der Waals surface area contributed by atoms with E-state index >= 15 is 0 Å². The smallest absolute Gasteiger partial charge is 0.276 e. The molecule has 0 spiro atoms. The molecule has 182 valence electrons. The average Bonchev–Trinajstić information content (AvgIpc) is 2.85. The van der Waals surface area contributed by atoms with Crippen LogP contribution in [0.3, 0.4) is 0 Å². The van der Waals surface area contributed by atoms with Crippen molar-refractivity contribution in [2.45, 2.75) is 50.4 Å². The first-order valence-corrected chi connectivity index (χ1v) is 11.6. The fraction of sp³-hybridized carbons (Fsp3) is 0.360. The number of nitrogens with one attached hydrogen (secondary N) is 1. The van der Waals surface area contributed by atoms with Gasteiger partial charge in [0.05, 0.1) is 47.6 Å². The number of aromatic nitrogens is 3. The average molecular weight is 482 g/mol. The van der Waals surface area contributed by atoms with E-state index in [1.54, 1.807) is 12.3 Å². The summed E-state index contributed by atoms with van der Waals surface area (Å²) in [5, 5.41) is 13.5. The minimum Gasteiger partial charge on any atom is -0.396 e. The maximum absolute atomic E-state index is 14.2. The molecule has 2 fully saturated rings. The first-order valence-electron chi connectivity index (χ1n) is 11.6. The van der Waals surface area contributed by atoms with Crippen molar-refractivity contribution in [2.24, 2.45) is 5.92 Å². The molecule has 5 rings (SSSR count). The number of halogens is 2. The number of fused-ring (bicyclic) bond motifs is 1. The van der Waals surface area contributed by atoms with Crippen molar-refractivity contribution < 1.29 is 23.4 Å². The summed E-state index contributed by atoms with van der Waals surface area (Å²) in [5.74, 6) is -2.58. The molecule has 2 aromatic heterocycles. The summed E-state index contributed by atoms with van der Waals surface area (Å²) >= 11 is 0. The Morgan fingerprint density at radius 2 is 1.91 bits per heavy atom. The molecule has 0 radical (unpaired) electrons. The molecule has 8 nitrogen and oxygen atoms in total. The third-order valence-electron chi connectivity index (χ3n) is 6.71. The van der Waals surface area contributed by atoms with Crippen molar-refractivity contribution in [3.05, 3.63) is 65.7 Å². The van der Waals surface area contributed by atoms with E-state index in [2.05, 4.69) is 20.3 Å². The van der Waals surface area contributed by atoms with Gasteiger partial charge in [0.1, 0.15) is 11.6 Å². The molecule has 1 aromatic carbocycles. The number of nitrogens with zero attached hydrogens (tertiary/aromatic N) is 3. The molecular weight excluding hydrogens is 456 g/mol. The van der Waals surface area contributed by atoms with E-state index in [4.69, 9.17) is 10.5 Å². The predicted octanol–water partition coefficient (Wildman–Crippen LogP) is 4.03. The summed E-state index contributed by atoms with van der Waals surface area (Å²) in [6, 6.07) is 5.12. The van der Waals surface area contributed by atoms with E-state index in [0.717, 1.165) is 44.0 Å². The van der Waals surface area contributed by atoms with Crippen LogP contribution in [0.2, 0.25) is 0 Å². The van der Waals surface area contributed by atoms with Gasteiger partial charge in [0.2, 0.25) is 0 Å². The maximum Gasteiger partial charge on any atom is 0.276 e.